The van der Waals surface area contributed by atoms with E-state index in [9.17, 15) is 0 Å². The smallest absolute Gasteiger partial charge is 0.0578 e. The highest BCUT2D eigenvalue weighted by Crippen LogP contribution is 2.25. The Kier molecular flexibility index (Phi) is 6.41. The van der Waals surface area contributed by atoms with Crippen LogP contribution in [-0.2, 0) is 4.74 Å². The maximum absolute atomic E-state index is 6.40. The molecule has 2 aliphatic carbocycles. The molecule has 1 nitrogen and oxygen atoms in total. The Bertz CT molecular complexity index is 154. The van der Waals surface area contributed by atoms with Gasteiger partial charge in [-0.05, 0) is 25.7 Å². The van der Waals surface area contributed by atoms with E-state index < -0.39 is 0 Å². The highest BCUT2D eigenvalue weighted by atomic mass is 16.5. The fourth-order valence-electron chi connectivity index (χ4n) is 3.38. The molecule has 2 rings (SSSR count). The maximum atomic E-state index is 6.40. The molecule has 1 heteroatoms. The molecule has 2 aliphatic rings. The van der Waals surface area contributed by atoms with Gasteiger partial charge in [-0.3, -0.25) is 0 Å². The van der Waals surface area contributed by atoms with Crippen molar-refractivity contribution in [3.8, 4) is 0 Å². The standard InChI is InChI=1S/C16H30O/c1-3-7-11-15(12-8-4-1)17-16-13-9-5-2-6-10-14-16/h15-16H,1-14H2. The highest BCUT2D eigenvalue weighted by molar-refractivity contribution is 4.69. The quantitative estimate of drug-likeness (QED) is 0.640. The van der Waals surface area contributed by atoms with Crippen molar-refractivity contribution in [3.63, 3.8) is 0 Å². The van der Waals surface area contributed by atoms with E-state index in [1.54, 1.807) is 0 Å². The first-order valence-electron chi connectivity index (χ1n) is 8.10. The van der Waals surface area contributed by atoms with Crippen LogP contribution in [0.5, 0.6) is 0 Å². The Morgan fingerprint density at radius 2 is 0.706 bits per heavy atom. The van der Waals surface area contributed by atoms with Crippen LogP contribution in [0.2, 0.25) is 0 Å². The van der Waals surface area contributed by atoms with Gasteiger partial charge in [0, 0.05) is 0 Å². The minimum absolute atomic E-state index is 0.597. The average Bonchev–Trinajstić information content (AvgIpc) is 2.24. The van der Waals surface area contributed by atoms with Crippen molar-refractivity contribution in [1.82, 2.24) is 0 Å². The molecule has 0 N–H and O–H groups in total. The molecule has 2 fully saturated rings. The van der Waals surface area contributed by atoms with E-state index in [4.69, 9.17) is 4.74 Å². The molecule has 0 saturated heterocycles. The largest absolute Gasteiger partial charge is 0.375 e. The average molecular weight is 238 g/mol. The molecule has 0 aliphatic heterocycles. The molecule has 0 heterocycles. The Balaban J connectivity index is 1.72. The first kappa shape index (κ1) is 13.4. The lowest BCUT2D eigenvalue weighted by Crippen LogP contribution is -2.24. The zero-order valence-electron chi connectivity index (χ0n) is 11.5. The highest BCUT2D eigenvalue weighted by Gasteiger charge is 2.18. The zero-order valence-corrected chi connectivity index (χ0v) is 11.5. The van der Waals surface area contributed by atoms with Gasteiger partial charge in [0.25, 0.3) is 0 Å². The van der Waals surface area contributed by atoms with E-state index in [1.807, 2.05) is 0 Å². The molecular formula is C16H30O. The summed E-state index contributed by atoms with van der Waals surface area (Å²) >= 11 is 0. The van der Waals surface area contributed by atoms with Crippen LogP contribution < -0.4 is 0 Å². The minimum Gasteiger partial charge on any atom is -0.375 e. The predicted molar refractivity (Wildman–Crippen MR) is 73.3 cm³/mol. The van der Waals surface area contributed by atoms with Gasteiger partial charge in [-0.1, -0.05) is 64.2 Å². The third-order valence-corrected chi connectivity index (χ3v) is 4.49. The molecule has 0 spiro atoms. The van der Waals surface area contributed by atoms with Gasteiger partial charge in [0.2, 0.25) is 0 Å². The molecule has 0 amide bonds. The van der Waals surface area contributed by atoms with Gasteiger partial charge in [-0.25, -0.2) is 0 Å². The summed E-state index contributed by atoms with van der Waals surface area (Å²) in [6.45, 7) is 0. The van der Waals surface area contributed by atoms with E-state index >= 15 is 0 Å². The van der Waals surface area contributed by atoms with Crippen LogP contribution >= 0.6 is 0 Å². The van der Waals surface area contributed by atoms with Crippen LogP contribution in [0.15, 0.2) is 0 Å². The first-order chi connectivity index (χ1) is 8.45. The summed E-state index contributed by atoms with van der Waals surface area (Å²) < 4.78 is 6.40. The van der Waals surface area contributed by atoms with Crippen LogP contribution in [-0.4, -0.2) is 12.2 Å². The van der Waals surface area contributed by atoms with Crippen molar-refractivity contribution < 1.29 is 4.74 Å². The Morgan fingerprint density at radius 3 is 1.06 bits per heavy atom. The lowest BCUT2D eigenvalue weighted by atomic mass is 9.96. The summed E-state index contributed by atoms with van der Waals surface area (Å²) in [5.41, 5.74) is 0. The number of ether oxygens (including phenoxy) is 1. The lowest BCUT2D eigenvalue weighted by molar-refractivity contribution is -0.0355. The third kappa shape index (κ3) is 5.42. The topological polar surface area (TPSA) is 9.23 Å². The summed E-state index contributed by atoms with van der Waals surface area (Å²) in [6.07, 6.45) is 20.8. The lowest BCUT2D eigenvalue weighted by Gasteiger charge is -2.27. The molecule has 2 saturated carbocycles. The van der Waals surface area contributed by atoms with Crippen molar-refractivity contribution in [2.75, 3.05) is 0 Å². The van der Waals surface area contributed by atoms with Crippen molar-refractivity contribution in [2.45, 2.75) is 102 Å². The van der Waals surface area contributed by atoms with Gasteiger partial charge in [0.15, 0.2) is 0 Å². The fourth-order valence-corrected chi connectivity index (χ4v) is 3.38. The van der Waals surface area contributed by atoms with E-state index in [2.05, 4.69) is 0 Å². The minimum atomic E-state index is 0.597. The Hall–Kier alpha value is -0.0400. The first-order valence-corrected chi connectivity index (χ1v) is 8.10. The molecule has 0 unspecified atom stereocenters. The van der Waals surface area contributed by atoms with Crippen LogP contribution in [0, 0.1) is 0 Å². The van der Waals surface area contributed by atoms with Crippen molar-refractivity contribution in [2.24, 2.45) is 0 Å². The van der Waals surface area contributed by atoms with Crippen molar-refractivity contribution in [1.29, 1.82) is 0 Å². The van der Waals surface area contributed by atoms with Crippen LogP contribution in [0.4, 0.5) is 0 Å². The second-order valence-corrected chi connectivity index (χ2v) is 6.07. The Labute approximate surface area is 107 Å². The predicted octanol–water partition coefficient (Wildman–Crippen LogP) is 5.23. The van der Waals surface area contributed by atoms with Crippen LogP contribution in [0.25, 0.3) is 0 Å². The number of hydrogen-bond donors (Lipinski definition) is 0. The normalized spacial score (nSPS) is 26.8. The maximum Gasteiger partial charge on any atom is 0.0578 e. The molecule has 0 aromatic carbocycles. The summed E-state index contributed by atoms with van der Waals surface area (Å²) in [4.78, 5) is 0. The summed E-state index contributed by atoms with van der Waals surface area (Å²) in [5, 5.41) is 0. The number of hydrogen-bond acceptors (Lipinski definition) is 1. The van der Waals surface area contributed by atoms with E-state index in [-0.39, 0.29) is 0 Å². The molecular weight excluding hydrogens is 208 g/mol. The second kappa shape index (κ2) is 8.13. The molecule has 0 radical (unpaired) electrons. The van der Waals surface area contributed by atoms with Gasteiger partial charge in [0.05, 0.1) is 12.2 Å². The van der Waals surface area contributed by atoms with Crippen molar-refractivity contribution >= 4 is 0 Å². The van der Waals surface area contributed by atoms with E-state index in [0.717, 1.165) is 0 Å². The van der Waals surface area contributed by atoms with Gasteiger partial charge >= 0.3 is 0 Å². The Morgan fingerprint density at radius 1 is 0.412 bits per heavy atom. The van der Waals surface area contributed by atoms with Crippen molar-refractivity contribution in [3.05, 3.63) is 0 Å². The second-order valence-electron chi connectivity index (χ2n) is 6.07. The third-order valence-electron chi connectivity index (χ3n) is 4.49. The molecule has 0 atom stereocenters. The molecule has 17 heavy (non-hydrogen) atoms. The SMILES string of the molecule is C1CCCC(OC2CCCCCCC2)CCC1. The molecule has 0 bridgehead atoms. The van der Waals surface area contributed by atoms with Crippen LogP contribution in [0.3, 0.4) is 0 Å². The number of rotatable bonds is 2. The van der Waals surface area contributed by atoms with E-state index in [1.165, 1.54) is 89.9 Å². The monoisotopic (exact) mass is 238 g/mol. The fraction of sp³-hybridized carbons (Fsp3) is 1.00. The van der Waals surface area contributed by atoms with Gasteiger partial charge in [0.1, 0.15) is 0 Å². The summed E-state index contributed by atoms with van der Waals surface area (Å²) in [6, 6.07) is 0. The van der Waals surface area contributed by atoms with Gasteiger partial charge < -0.3 is 4.74 Å². The zero-order chi connectivity index (χ0) is 11.8. The van der Waals surface area contributed by atoms with Crippen LogP contribution in [0.1, 0.15) is 89.9 Å². The van der Waals surface area contributed by atoms with E-state index in [0.29, 0.717) is 12.2 Å². The molecule has 0 aromatic heterocycles. The molecule has 100 valence electrons. The molecule has 0 aromatic rings. The summed E-state index contributed by atoms with van der Waals surface area (Å²) in [5.74, 6) is 0. The van der Waals surface area contributed by atoms with Gasteiger partial charge in [-0.15, -0.1) is 0 Å². The summed E-state index contributed by atoms with van der Waals surface area (Å²) in [7, 11) is 0. The van der Waals surface area contributed by atoms with Gasteiger partial charge in [-0.2, -0.15) is 0 Å².